The summed E-state index contributed by atoms with van der Waals surface area (Å²) in [5, 5.41) is 9.72. The first kappa shape index (κ1) is 20.4. The maximum absolute atomic E-state index is 12.9. The van der Waals surface area contributed by atoms with Crippen molar-refractivity contribution >= 4 is 40.3 Å². The number of amides is 3. The van der Waals surface area contributed by atoms with E-state index in [0.717, 1.165) is 16.3 Å². The highest BCUT2D eigenvalue weighted by atomic mass is 32.1. The van der Waals surface area contributed by atoms with Crippen molar-refractivity contribution in [2.24, 2.45) is 7.05 Å². The Bertz CT molecular complexity index is 1200. The van der Waals surface area contributed by atoms with Crippen molar-refractivity contribution < 1.29 is 9.59 Å². The molecule has 0 aliphatic rings. The Balaban J connectivity index is 1.40. The summed E-state index contributed by atoms with van der Waals surface area (Å²) >= 11 is 1.43. The smallest absolute Gasteiger partial charge is 0.311 e. The molecule has 3 amide bonds. The molecule has 156 valence electrons. The third-order valence-electron chi connectivity index (χ3n) is 4.74. The quantitative estimate of drug-likeness (QED) is 0.463. The molecule has 0 unspecified atom stereocenters. The van der Waals surface area contributed by atoms with E-state index in [0.29, 0.717) is 16.3 Å². The zero-order valence-electron chi connectivity index (χ0n) is 17.1. The minimum absolute atomic E-state index is 0.0963. The first-order valence-corrected chi connectivity index (χ1v) is 10.4. The molecule has 0 saturated heterocycles. The van der Waals surface area contributed by atoms with Gasteiger partial charge in [-0.1, -0.05) is 18.2 Å². The first-order valence-electron chi connectivity index (χ1n) is 9.60. The van der Waals surface area contributed by atoms with Crippen molar-refractivity contribution in [3.8, 4) is 10.6 Å². The number of hydrogen-bond donors (Lipinski definition) is 2. The lowest BCUT2D eigenvalue weighted by Crippen LogP contribution is -2.25. The van der Waals surface area contributed by atoms with Crippen molar-refractivity contribution in [1.82, 2.24) is 9.78 Å². The van der Waals surface area contributed by atoms with E-state index in [1.54, 1.807) is 47.1 Å². The molecule has 2 aromatic heterocycles. The molecule has 0 spiro atoms. The maximum atomic E-state index is 12.9. The van der Waals surface area contributed by atoms with Gasteiger partial charge in [0.05, 0.1) is 15.4 Å². The normalized spacial score (nSPS) is 10.5. The van der Waals surface area contributed by atoms with Crippen LogP contribution in [0.5, 0.6) is 0 Å². The van der Waals surface area contributed by atoms with E-state index >= 15 is 0 Å². The van der Waals surface area contributed by atoms with Gasteiger partial charge in [-0.25, -0.2) is 4.79 Å². The molecule has 2 heterocycles. The summed E-state index contributed by atoms with van der Waals surface area (Å²) in [6, 6.07) is 21.7. The van der Waals surface area contributed by atoms with Crippen LogP contribution in [0.1, 0.15) is 9.67 Å². The molecule has 0 atom stereocenters. The van der Waals surface area contributed by atoms with Crippen molar-refractivity contribution in [2.75, 3.05) is 22.6 Å². The number of nitrogens with one attached hydrogen (secondary N) is 2. The number of rotatable bonds is 5. The molecular formula is C23H21N5O2S. The topological polar surface area (TPSA) is 79.3 Å². The molecule has 2 N–H and O–H groups in total. The molecule has 4 aromatic rings. The molecule has 0 saturated carbocycles. The van der Waals surface area contributed by atoms with Crippen molar-refractivity contribution in [3.63, 3.8) is 0 Å². The highest BCUT2D eigenvalue weighted by molar-refractivity contribution is 7.17. The van der Waals surface area contributed by atoms with Gasteiger partial charge in [0.15, 0.2) is 0 Å². The number of urea groups is 1. The van der Waals surface area contributed by atoms with Gasteiger partial charge >= 0.3 is 6.03 Å². The molecule has 4 rings (SSSR count). The van der Waals surface area contributed by atoms with Crippen LogP contribution in [0.4, 0.5) is 21.9 Å². The lowest BCUT2D eigenvalue weighted by atomic mass is 10.2. The monoisotopic (exact) mass is 431 g/mol. The molecule has 8 heteroatoms. The molecule has 0 radical (unpaired) electrons. The largest absolute Gasteiger partial charge is 0.323 e. The third kappa shape index (κ3) is 4.65. The van der Waals surface area contributed by atoms with Crippen molar-refractivity contribution in [2.45, 2.75) is 0 Å². The van der Waals surface area contributed by atoms with Gasteiger partial charge < -0.3 is 15.5 Å². The van der Waals surface area contributed by atoms with E-state index in [9.17, 15) is 9.59 Å². The van der Waals surface area contributed by atoms with Gasteiger partial charge in [-0.15, -0.1) is 11.3 Å². The minimum Gasteiger partial charge on any atom is -0.311 e. The average Bonchev–Trinajstić information content (AvgIpc) is 3.43. The number of para-hydroxylation sites is 1. The molecule has 31 heavy (non-hydrogen) atoms. The van der Waals surface area contributed by atoms with Crippen LogP contribution in [0.2, 0.25) is 0 Å². The van der Waals surface area contributed by atoms with Gasteiger partial charge in [0.25, 0.3) is 5.91 Å². The van der Waals surface area contributed by atoms with Crippen LogP contribution in [0, 0.1) is 0 Å². The fraction of sp³-hybridized carbons (Fsp3) is 0.0870. The molecule has 2 aromatic carbocycles. The highest BCUT2D eigenvalue weighted by Gasteiger charge is 2.17. The van der Waals surface area contributed by atoms with Gasteiger partial charge in [0, 0.05) is 37.4 Å². The lowest BCUT2D eigenvalue weighted by molar-refractivity contribution is 0.0997. The van der Waals surface area contributed by atoms with Gasteiger partial charge in [0.2, 0.25) is 0 Å². The van der Waals surface area contributed by atoms with E-state index in [1.165, 1.54) is 11.3 Å². The summed E-state index contributed by atoms with van der Waals surface area (Å²) in [5.41, 5.74) is 3.04. The number of thiophene rings is 1. The van der Waals surface area contributed by atoms with Crippen LogP contribution in [-0.4, -0.2) is 28.8 Å². The number of anilines is 3. The summed E-state index contributed by atoms with van der Waals surface area (Å²) in [6.07, 6.45) is 1.73. The van der Waals surface area contributed by atoms with Crippen LogP contribution < -0.4 is 15.5 Å². The van der Waals surface area contributed by atoms with E-state index < -0.39 is 0 Å². The SMILES string of the molecule is CN(C(=O)c1ccc(-c2ccnn2C)s1)c1ccc(NC(=O)Nc2ccccc2)cc1. The first-order chi connectivity index (χ1) is 15.0. The fourth-order valence-electron chi connectivity index (χ4n) is 3.07. The summed E-state index contributed by atoms with van der Waals surface area (Å²) in [6.45, 7) is 0. The number of aryl methyl sites for hydroxylation is 1. The molecule has 0 aliphatic carbocycles. The highest BCUT2D eigenvalue weighted by Crippen LogP contribution is 2.29. The van der Waals surface area contributed by atoms with E-state index in [4.69, 9.17) is 0 Å². The number of benzene rings is 2. The number of carbonyl (C=O) groups excluding carboxylic acids is 2. The van der Waals surface area contributed by atoms with Crippen molar-refractivity contribution in [1.29, 1.82) is 0 Å². The fourth-order valence-corrected chi connectivity index (χ4v) is 4.11. The second kappa shape index (κ2) is 8.85. The summed E-state index contributed by atoms with van der Waals surface area (Å²) < 4.78 is 1.78. The Morgan fingerprint density at radius 1 is 0.903 bits per heavy atom. The number of nitrogens with zero attached hydrogens (tertiary/aromatic N) is 3. The van der Waals surface area contributed by atoms with Crippen LogP contribution in [0.15, 0.2) is 79.0 Å². The Labute approximate surface area is 183 Å². The van der Waals surface area contributed by atoms with Crippen LogP contribution in [0.25, 0.3) is 10.6 Å². The number of aromatic nitrogens is 2. The maximum Gasteiger partial charge on any atom is 0.323 e. The van der Waals surface area contributed by atoms with Crippen LogP contribution in [-0.2, 0) is 7.05 Å². The van der Waals surface area contributed by atoms with Gasteiger partial charge in [0.1, 0.15) is 0 Å². The zero-order valence-corrected chi connectivity index (χ0v) is 17.9. The van der Waals surface area contributed by atoms with E-state index in [1.807, 2.05) is 55.6 Å². The Hall–Kier alpha value is -3.91. The zero-order chi connectivity index (χ0) is 21.8. The average molecular weight is 432 g/mol. The standard InChI is InChI=1S/C23H21N5O2S/c1-27(22(29)21-13-12-20(31-21)19-14-15-24-28(19)2)18-10-8-17(9-11-18)26-23(30)25-16-6-4-3-5-7-16/h3-15H,1-2H3,(H2,25,26,30). The molecule has 0 fully saturated rings. The Kier molecular flexibility index (Phi) is 5.81. The summed E-state index contributed by atoms with van der Waals surface area (Å²) in [5.74, 6) is -0.0963. The molecular weight excluding hydrogens is 410 g/mol. The predicted molar refractivity (Wildman–Crippen MR) is 125 cm³/mol. The Morgan fingerprint density at radius 2 is 1.58 bits per heavy atom. The van der Waals surface area contributed by atoms with Gasteiger partial charge in [-0.05, 0) is 54.6 Å². The third-order valence-corrected chi connectivity index (χ3v) is 5.83. The number of carbonyl (C=O) groups is 2. The molecule has 7 nitrogen and oxygen atoms in total. The van der Waals surface area contributed by atoms with Gasteiger partial charge in [-0.3, -0.25) is 9.48 Å². The molecule has 0 bridgehead atoms. The summed E-state index contributed by atoms with van der Waals surface area (Å²) in [7, 11) is 3.61. The molecule has 0 aliphatic heterocycles. The second-order valence-corrected chi connectivity index (χ2v) is 7.94. The summed E-state index contributed by atoms with van der Waals surface area (Å²) in [4.78, 5) is 28.3. The van der Waals surface area contributed by atoms with Crippen LogP contribution in [0.3, 0.4) is 0 Å². The van der Waals surface area contributed by atoms with Gasteiger partial charge in [-0.2, -0.15) is 5.10 Å². The minimum atomic E-state index is -0.329. The van der Waals surface area contributed by atoms with Crippen LogP contribution >= 0.6 is 11.3 Å². The predicted octanol–water partition coefficient (Wildman–Crippen LogP) is 5.07. The lowest BCUT2D eigenvalue weighted by Gasteiger charge is -2.17. The Morgan fingerprint density at radius 3 is 2.23 bits per heavy atom. The second-order valence-electron chi connectivity index (χ2n) is 6.86. The van der Waals surface area contributed by atoms with E-state index in [2.05, 4.69) is 15.7 Å². The number of hydrogen-bond acceptors (Lipinski definition) is 4. The van der Waals surface area contributed by atoms with Crippen molar-refractivity contribution in [3.05, 3.63) is 83.9 Å². The van der Waals surface area contributed by atoms with E-state index in [-0.39, 0.29) is 11.9 Å².